The molecular formula is C30H52O25. The van der Waals surface area contributed by atoms with Gasteiger partial charge in [-0.1, -0.05) is 0 Å². The van der Waals surface area contributed by atoms with Crippen LogP contribution in [0.5, 0.6) is 0 Å². The highest BCUT2D eigenvalue weighted by Gasteiger charge is 2.55. The second kappa shape index (κ2) is 18.9. The normalized spacial score (nSPS) is 53.9. The molecule has 0 saturated carbocycles. The van der Waals surface area contributed by atoms with Crippen LogP contribution in [-0.4, -0.2) is 262 Å². The van der Waals surface area contributed by atoms with Gasteiger partial charge in [-0.3, -0.25) is 0 Å². The van der Waals surface area contributed by atoms with E-state index in [1.807, 2.05) is 0 Å². The fourth-order valence-corrected chi connectivity index (χ4v) is 6.73. The lowest BCUT2D eigenvalue weighted by atomic mass is 9.96. The van der Waals surface area contributed by atoms with Gasteiger partial charge >= 0.3 is 0 Å². The van der Waals surface area contributed by atoms with Crippen LogP contribution in [0.1, 0.15) is 6.92 Å². The number of aliphatic hydroxyl groups excluding tert-OH is 16. The standard InChI is InChI=1S/C30H52O25/c1-6-11(33)16(38)22(44)28(49-6)55-25-24(15(37)8(3-32)52-30(25)48-4-9-13(35)17(39)20(42)26(46)50-9)54-29-23(45)19(41)14(36)10(53-29)5-47-27-21(43)18(40)12(34)7(2-31)51-27/h6-46H,2-5H2,1H3/t6-,7+,8+,9+,10+,11+,12+,13+,14-,15-,16+,17-,18-,19-,20-,21-,22-,23+,24-,25+,26-,27-,28-,29+,30+/m0/s1. The summed E-state index contributed by atoms with van der Waals surface area (Å²) >= 11 is 0. The van der Waals surface area contributed by atoms with Crippen LogP contribution in [-0.2, 0) is 42.6 Å². The van der Waals surface area contributed by atoms with Crippen LogP contribution >= 0.6 is 0 Å². The Morgan fingerprint density at radius 2 is 0.764 bits per heavy atom. The summed E-state index contributed by atoms with van der Waals surface area (Å²) in [4.78, 5) is 0. The number of aliphatic hydroxyl groups is 16. The monoisotopic (exact) mass is 812 g/mol. The lowest BCUT2D eigenvalue weighted by Gasteiger charge is -2.49. The largest absolute Gasteiger partial charge is 0.394 e. The van der Waals surface area contributed by atoms with E-state index < -0.39 is 180 Å². The average molecular weight is 813 g/mol. The zero-order valence-corrected chi connectivity index (χ0v) is 29.1. The maximum Gasteiger partial charge on any atom is 0.187 e. The molecule has 16 N–H and O–H groups in total. The topological polar surface area (TPSA) is 407 Å². The van der Waals surface area contributed by atoms with Crippen molar-refractivity contribution in [2.75, 3.05) is 26.4 Å². The van der Waals surface area contributed by atoms with Gasteiger partial charge in [-0.2, -0.15) is 0 Å². The van der Waals surface area contributed by atoms with Crippen molar-refractivity contribution in [1.29, 1.82) is 0 Å². The summed E-state index contributed by atoms with van der Waals surface area (Å²) in [5.74, 6) is 0. The Morgan fingerprint density at radius 1 is 0.364 bits per heavy atom. The van der Waals surface area contributed by atoms with E-state index in [2.05, 4.69) is 0 Å². The van der Waals surface area contributed by atoms with Crippen molar-refractivity contribution in [3.05, 3.63) is 0 Å². The molecule has 55 heavy (non-hydrogen) atoms. The van der Waals surface area contributed by atoms with Crippen molar-refractivity contribution in [2.24, 2.45) is 0 Å². The molecule has 0 spiro atoms. The van der Waals surface area contributed by atoms with Crippen LogP contribution in [0.3, 0.4) is 0 Å². The van der Waals surface area contributed by atoms with Crippen LogP contribution in [0.25, 0.3) is 0 Å². The molecule has 0 aromatic carbocycles. The van der Waals surface area contributed by atoms with Gasteiger partial charge in [0.2, 0.25) is 0 Å². The van der Waals surface area contributed by atoms with Crippen LogP contribution in [0.2, 0.25) is 0 Å². The van der Waals surface area contributed by atoms with Gasteiger partial charge in [0, 0.05) is 0 Å². The van der Waals surface area contributed by atoms with Gasteiger partial charge in [0.25, 0.3) is 0 Å². The Labute approximate surface area is 311 Å². The third-order valence-corrected chi connectivity index (χ3v) is 10.2. The van der Waals surface area contributed by atoms with Gasteiger partial charge in [0.15, 0.2) is 31.5 Å². The summed E-state index contributed by atoms with van der Waals surface area (Å²) in [5, 5.41) is 165. The summed E-state index contributed by atoms with van der Waals surface area (Å²) in [6.07, 6.45) is -44.9. The van der Waals surface area contributed by atoms with Gasteiger partial charge in [0.05, 0.1) is 32.5 Å². The molecule has 0 aromatic heterocycles. The molecule has 0 amide bonds. The van der Waals surface area contributed by atoms with E-state index in [9.17, 15) is 81.7 Å². The van der Waals surface area contributed by atoms with Gasteiger partial charge in [-0.15, -0.1) is 0 Å². The molecule has 5 rings (SSSR count). The van der Waals surface area contributed by atoms with Crippen molar-refractivity contribution >= 4 is 0 Å². The highest BCUT2D eigenvalue weighted by Crippen LogP contribution is 2.35. The first-order chi connectivity index (χ1) is 25.9. The predicted octanol–water partition coefficient (Wildman–Crippen LogP) is -10.9. The summed E-state index contributed by atoms with van der Waals surface area (Å²) in [6, 6.07) is 0. The van der Waals surface area contributed by atoms with Gasteiger partial charge in [-0.25, -0.2) is 0 Å². The van der Waals surface area contributed by atoms with Gasteiger partial charge < -0.3 is 124 Å². The summed E-state index contributed by atoms with van der Waals surface area (Å²) < 4.78 is 50.2. The fourth-order valence-electron chi connectivity index (χ4n) is 6.73. The van der Waals surface area contributed by atoms with Crippen LogP contribution < -0.4 is 0 Å². The van der Waals surface area contributed by atoms with E-state index >= 15 is 0 Å². The molecule has 0 unspecified atom stereocenters. The molecule has 0 aliphatic carbocycles. The van der Waals surface area contributed by atoms with Crippen molar-refractivity contribution < 1.29 is 124 Å². The molecule has 5 fully saturated rings. The predicted molar refractivity (Wildman–Crippen MR) is 165 cm³/mol. The zero-order valence-electron chi connectivity index (χ0n) is 29.1. The number of hydrogen-bond acceptors (Lipinski definition) is 25. The lowest BCUT2D eigenvalue weighted by molar-refractivity contribution is -0.395. The zero-order chi connectivity index (χ0) is 40.6. The number of rotatable bonds is 12. The number of hydrogen-bond donors (Lipinski definition) is 16. The summed E-state index contributed by atoms with van der Waals surface area (Å²) in [5.41, 5.74) is 0. The third-order valence-electron chi connectivity index (χ3n) is 10.2. The Bertz CT molecular complexity index is 1190. The summed E-state index contributed by atoms with van der Waals surface area (Å²) in [6.45, 7) is -1.91. The van der Waals surface area contributed by atoms with Crippen molar-refractivity contribution in [3.63, 3.8) is 0 Å². The van der Waals surface area contributed by atoms with Crippen molar-refractivity contribution in [2.45, 2.75) is 160 Å². The second-order valence-electron chi connectivity index (χ2n) is 14.0. The SMILES string of the molecule is C[C@@H]1O[C@@H](O[C@H]2[C@H](OC[C@H]3O[C@H](O)[C@@H](O)[C@@H](O)[C@@H]3O)O[C@H](CO)[C@H](O)[C@@H]2O[C@H]2O[C@H](CO[C@H]3O[C@H](CO)[C@@H](O)[C@H](O)[C@@H]3O)[C@H](O)[C@H](O)[C@H]2O)[C@@H](O)[C@H](O)[C@@H]1O. The molecule has 0 aromatic rings. The molecule has 5 saturated heterocycles. The van der Waals surface area contributed by atoms with E-state index in [0.29, 0.717) is 0 Å². The molecule has 25 nitrogen and oxygen atoms in total. The smallest absolute Gasteiger partial charge is 0.187 e. The van der Waals surface area contributed by atoms with Crippen LogP contribution in [0.15, 0.2) is 0 Å². The number of ether oxygens (including phenoxy) is 9. The molecule has 0 radical (unpaired) electrons. The van der Waals surface area contributed by atoms with Crippen molar-refractivity contribution in [3.8, 4) is 0 Å². The quantitative estimate of drug-likeness (QED) is 0.0870. The van der Waals surface area contributed by atoms with E-state index in [1.165, 1.54) is 6.92 Å². The first kappa shape index (κ1) is 45.1. The molecule has 25 heteroatoms. The van der Waals surface area contributed by atoms with Crippen LogP contribution in [0, 0.1) is 0 Å². The first-order valence-corrected chi connectivity index (χ1v) is 17.5. The van der Waals surface area contributed by atoms with Crippen molar-refractivity contribution in [1.82, 2.24) is 0 Å². The molecule has 0 bridgehead atoms. The maximum atomic E-state index is 11.3. The van der Waals surface area contributed by atoms with E-state index in [4.69, 9.17) is 42.6 Å². The minimum atomic E-state index is -2.10. The molecular weight excluding hydrogens is 760 g/mol. The lowest BCUT2D eigenvalue weighted by Crippen LogP contribution is -2.67. The summed E-state index contributed by atoms with van der Waals surface area (Å²) in [7, 11) is 0. The maximum absolute atomic E-state index is 11.3. The molecule has 322 valence electrons. The highest BCUT2D eigenvalue weighted by atomic mass is 16.8. The third kappa shape index (κ3) is 9.42. The Hall–Kier alpha value is -1.00. The Kier molecular flexibility index (Phi) is 15.5. The molecule has 25 atom stereocenters. The van der Waals surface area contributed by atoms with E-state index in [1.54, 1.807) is 0 Å². The van der Waals surface area contributed by atoms with E-state index in [-0.39, 0.29) is 0 Å². The minimum absolute atomic E-state index is 0.759. The van der Waals surface area contributed by atoms with Crippen LogP contribution in [0.4, 0.5) is 0 Å². The second-order valence-corrected chi connectivity index (χ2v) is 14.0. The average Bonchev–Trinajstić information content (AvgIpc) is 3.17. The van der Waals surface area contributed by atoms with E-state index in [0.717, 1.165) is 0 Å². The molecule has 5 aliphatic heterocycles. The first-order valence-electron chi connectivity index (χ1n) is 17.5. The highest BCUT2D eigenvalue weighted by molar-refractivity contribution is 4.97. The Balaban J connectivity index is 1.38. The fraction of sp³-hybridized carbons (Fsp3) is 1.00. The molecule has 5 heterocycles. The Morgan fingerprint density at radius 3 is 1.35 bits per heavy atom. The van der Waals surface area contributed by atoms with Gasteiger partial charge in [-0.05, 0) is 6.92 Å². The van der Waals surface area contributed by atoms with Gasteiger partial charge in [0.1, 0.15) is 116 Å². The minimum Gasteiger partial charge on any atom is -0.394 e. The molecule has 5 aliphatic rings.